The molecule has 0 aromatic carbocycles. The summed E-state index contributed by atoms with van der Waals surface area (Å²) in [6.07, 6.45) is 1.78. The van der Waals surface area contributed by atoms with Crippen molar-refractivity contribution in [1.29, 1.82) is 0 Å². The van der Waals surface area contributed by atoms with E-state index in [0.717, 1.165) is 12.8 Å². The fraction of sp³-hybridized carbons (Fsp3) is 1.00. The fourth-order valence-electron chi connectivity index (χ4n) is 1.48. The van der Waals surface area contributed by atoms with E-state index in [1.165, 1.54) is 0 Å². The minimum Gasteiger partial charge on any atom is -0.396 e. The van der Waals surface area contributed by atoms with Crippen LogP contribution in [0.4, 0.5) is 0 Å². The van der Waals surface area contributed by atoms with Gasteiger partial charge in [0.25, 0.3) is 0 Å². The van der Waals surface area contributed by atoms with Gasteiger partial charge in [0.2, 0.25) is 0 Å². The van der Waals surface area contributed by atoms with Gasteiger partial charge in [0.05, 0.1) is 12.1 Å². The van der Waals surface area contributed by atoms with E-state index in [0.29, 0.717) is 18.0 Å². The molecule has 1 saturated heterocycles. The molecule has 4 heteroatoms. The van der Waals surface area contributed by atoms with E-state index in [2.05, 4.69) is 24.8 Å². The second-order valence-electron chi connectivity index (χ2n) is 3.58. The molecule has 3 N–H and O–H groups in total. The number of aliphatic hydroxyl groups excluding tert-OH is 1. The van der Waals surface area contributed by atoms with E-state index >= 15 is 0 Å². The molecular weight excluding hydrogens is 156 g/mol. The molecule has 0 saturated carbocycles. The van der Waals surface area contributed by atoms with Gasteiger partial charge in [-0.3, -0.25) is 0 Å². The average Bonchev–Trinajstić information content (AvgIpc) is 2.48. The molecule has 4 nitrogen and oxygen atoms in total. The fourth-order valence-corrected chi connectivity index (χ4v) is 1.48. The molecule has 0 bridgehead atoms. The Hall–Kier alpha value is -0.160. The van der Waals surface area contributed by atoms with Gasteiger partial charge in [-0.05, 0) is 18.8 Å². The molecular formula is C8H18N2O2. The van der Waals surface area contributed by atoms with Crippen LogP contribution in [0.2, 0.25) is 0 Å². The van der Waals surface area contributed by atoms with Crippen LogP contribution >= 0.6 is 0 Å². The Morgan fingerprint density at radius 1 is 1.42 bits per heavy atom. The van der Waals surface area contributed by atoms with Crippen molar-refractivity contribution in [3.8, 4) is 0 Å². The summed E-state index contributed by atoms with van der Waals surface area (Å²) in [5.74, 6) is 0.545. The molecule has 0 spiro atoms. The highest BCUT2D eigenvalue weighted by molar-refractivity contribution is 4.82. The molecule has 1 fully saturated rings. The van der Waals surface area contributed by atoms with Gasteiger partial charge < -0.3 is 5.11 Å². The normalized spacial score (nSPS) is 30.0. The Balaban J connectivity index is 2.30. The lowest BCUT2D eigenvalue weighted by molar-refractivity contribution is 0.00543. The maximum atomic E-state index is 8.66. The van der Waals surface area contributed by atoms with Crippen LogP contribution in [-0.2, 0) is 4.94 Å². The summed E-state index contributed by atoms with van der Waals surface area (Å²) in [5, 5.41) is 8.66. The van der Waals surface area contributed by atoms with Crippen LogP contribution in [0.5, 0.6) is 0 Å². The van der Waals surface area contributed by atoms with Gasteiger partial charge in [-0.15, -0.1) is 0 Å². The van der Waals surface area contributed by atoms with Crippen molar-refractivity contribution in [2.45, 2.75) is 38.8 Å². The van der Waals surface area contributed by atoms with Gasteiger partial charge in [0, 0.05) is 6.61 Å². The zero-order chi connectivity index (χ0) is 8.97. The van der Waals surface area contributed by atoms with Crippen molar-refractivity contribution in [3.63, 3.8) is 0 Å². The van der Waals surface area contributed by atoms with E-state index in [1.54, 1.807) is 0 Å². The molecule has 1 rings (SSSR count). The third kappa shape index (κ3) is 2.42. The quantitative estimate of drug-likeness (QED) is 0.569. The van der Waals surface area contributed by atoms with Gasteiger partial charge in [0.1, 0.15) is 0 Å². The topological polar surface area (TPSA) is 53.5 Å². The van der Waals surface area contributed by atoms with E-state index in [1.807, 2.05) is 0 Å². The van der Waals surface area contributed by atoms with Crippen LogP contribution in [0, 0.1) is 5.92 Å². The number of hydroxylamine groups is 2. The van der Waals surface area contributed by atoms with Crippen molar-refractivity contribution in [1.82, 2.24) is 11.0 Å². The summed E-state index contributed by atoms with van der Waals surface area (Å²) < 4.78 is 0. The Morgan fingerprint density at radius 3 is 2.75 bits per heavy atom. The Labute approximate surface area is 73.2 Å². The monoisotopic (exact) mass is 174 g/mol. The lowest BCUT2D eigenvalue weighted by Gasteiger charge is -2.19. The van der Waals surface area contributed by atoms with Crippen LogP contribution in [0.3, 0.4) is 0 Å². The second kappa shape index (κ2) is 4.77. The smallest absolute Gasteiger partial charge is 0.0540 e. The van der Waals surface area contributed by atoms with E-state index < -0.39 is 0 Å². The third-order valence-corrected chi connectivity index (χ3v) is 2.23. The lowest BCUT2D eigenvalue weighted by Crippen LogP contribution is -2.37. The Morgan fingerprint density at radius 2 is 2.17 bits per heavy atom. The first-order chi connectivity index (χ1) is 5.75. The van der Waals surface area contributed by atoms with Crippen molar-refractivity contribution in [2.75, 3.05) is 6.61 Å². The van der Waals surface area contributed by atoms with Gasteiger partial charge in [-0.1, -0.05) is 13.8 Å². The maximum absolute atomic E-state index is 8.66. The summed E-state index contributed by atoms with van der Waals surface area (Å²) in [6, 6.07) is 0.689. The standard InChI is InChI=1S/C8H18N2O2/c1-6(2)8-7(4-3-5-11)9-12-10-8/h6-11H,3-5H2,1-2H3. The van der Waals surface area contributed by atoms with Crippen molar-refractivity contribution in [2.24, 2.45) is 5.92 Å². The summed E-state index contributed by atoms with van der Waals surface area (Å²) >= 11 is 0. The molecule has 2 unspecified atom stereocenters. The first kappa shape index (κ1) is 9.92. The van der Waals surface area contributed by atoms with E-state index in [-0.39, 0.29) is 6.61 Å². The first-order valence-electron chi connectivity index (χ1n) is 4.53. The van der Waals surface area contributed by atoms with E-state index in [9.17, 15) is 0 Å². The Kier molecular flexibility index (Phi) is 3.94. The highest BCUT2D eigenvalue weighted by Crippen LogP contribution is 2.14. The van der Waals surface area contributed by atoms with E-state index in [4.69, 9.17) is 10.0 Å². The minimum absolute atomic E-state index is 0.253. The molecule has 72 valence electrons. The molecule has 0 aliphatic carbocycles. The van der Waals surface area contributed by atoms with Crippen molar-refractivity contribution < 1.29 is 10.0 Å². The van der Waals surface area contributed by atoms with Crippen LogP contribution in [0.15, 0.2) is 0 Å². The summed E-state index contributed by atoms with van der Waals surface area (Å²) in [6.45, 7) is 4.56. The molecule has 2 atom stereocenters. The number of hydrogen-bond donors (Lipinski definition) is 3. The van der Waals surface area contributed by atoms with Gasteiger partial charge >= 0.3 is 0 Å². The van der Waals surface area contributed by atoms with Crippen LogP contribution < -0.4 is 11.0 Å². The molecule has 0 aromatic rings. The molecule has 12 heavy (non-hydrogen) atoms. The van der Waals surface area contributed by atoms with Crippen LogP contribution in [-0.4, -0.2) is 23.8 Å². The number of nitrogens with one attached hydrogen (secondary N) is 2. The number of rotatable bonds is 4. The summed E-state index contributed by atoms with van der Waals surface area (Å²) in [4.78, 5) is 4.95. The molecule has 1 aliphatic heterocycles. The Bertz CT molecular complexity index is 130. The van der Waals surface area contributed by atoms with Gasteiger partial charge in [0.15, 0.2) is 0 Å². The highest BCUT2D eigenvalue weighted by atomic mass is 16.8. The molecule has 0 radical (unpaired) electrons. The van der Waals surface area contributed by atoms with Crippen LogP contribution in [0.1, 0.15) is 26.7 Å². The SMILES string of the molecule is CC(C)C1NONC1CCCO. The maximum Gasteiger partial charge on any atom is 0.0540 e. The number of aliphatic hydroxyl groups is 1. The molecule has 1 aliphatic rings. The predicted octanol–water partition coefficient (Wildman–Crippen LogP) is 0.191. The van der Waals surface area contributed by atoms with Gasteiger partial charge in [-0.25, -0.2) is 4.94 Å². The second-order valence-corrected chi connectivity index (χ2v) is 3.58. The lowest BCUT2D eigenvalue weighted by atomic mass is 9.95. The molecule has 0 amide bonds. The van der Waals surface area contributed by atoms with Gasteiger partial charge in [-0.2, -0.15) is 11.0 Å². The van der Waals surface area contributed by atoms with Crippen LogP contribution in [0.25, 0.3) is 0 Å². The summed E-state index contributed by atoms with van der Waals surface area (Å²) in [7, 11) is 0. The zero-order valence-corrected chi connectivity index (χ0v) is 7.71. The largest absolute Gasteiger partial charge is 0.396 e. The first-order valence-corrected chi connectivity index (χ1v) is 4.53. The van der Waals surface area contributed by atoms with Crippen molar-refractivity contribution >= 4 is 0 Å². The summed E-state index contributed by atoms with van der Waals surface area (Å²) in [5.41, 5.74) is 5.82. The molecule has 0 aromatic heterocycles. The zero-order valence-electron chi connectivity index (χ0n) is 7.71. The average molecular weight is 174 g/mol. The number of hydrogen-bond acceptors (Lipinski definition) is 4. The predicted molar refractivity (Wildman–Crippen MR) is 46.1 cm³/mol. The highest BCUT2D eigenvalue weighted by Gasteiger charge is 2.29. The third-order valence-electron chi connectivity index (χ3n) is 2.23. The van der Waals surface area contributed by atoms with Crippen molar-refractivity contribution in [3.05, 3.63) is 0 Å². The molecule has 1 heterocycles. The minimum atomic E-state index is 0.253.